The second kappa shape index (κ2) is 7.16. The van der Waals surface area contributed by atoms with Gasteiger partial charge < -0.3 is 9.32 Å². The number of sulfonamides is 1. The van der Waals surface area contributed by atoms with Crippen LogP contribution >= 0.6 is 23.2 Å². The summed E-state index contributed by atoms with van der Waals surface area (Å²) in [4.78, 5) is 14.0. The third-order valence-corrected chi connectivity index (χ3v) is 6.49. The van der Waals surface area contributed by atoms with Gasteiger partial charge in [-0.2, -0.15) is 0 Å². The number of nitrogens with one attached hydrogen (secondary N) is 1. The van der Waals surface area contributed by atoms with E-state index < -0.39 is 10.0 Å². The molecule has 0 unspecified atom stereocenters. The number of fused-ring (bicyclic) bond motifs is 1. The van der Waals surface area contributed by atoms with Gasteiger partial charge in [-0.15, -0.1) is 0 Å². The molecule has 0 atom stereocenters. The quantitative estimate of drug-likeness (QED) is 0.648. The van der Waals surface area contributed by atoms with Crippen LogP contribution in [-0.2, 0) is 16.4 Å². The second-order valence-electron chi connectivity index (χ2n) is 6.21. The first-order valence-electron chi connectivity index (χ1n) is 8.31. The van der Waals surface area contributed by atoms with Crippen molar-refractivity contribution in [1.29, 1.82) is 0 Å². The molecule has 0 saturated heterocycles. The summed E-state index contributed by atoms with van der Waals surface area (Å²) in [6.45, 7) is 0.491. The van der Waals surface area contributed by atoms with Crippen molar-refractivity contribution in [3.63, 3.8) is 0 Å². The first kappa shape index (κ1) is 18.9. The standard InChI is InChI=1S/C19H14Cl2N2O4S/c20-13-3-5-15(21)18(11-13)28(25,26)22-14-4-6-16-12(10-14)7-8-23(16)19(24)17-2-1-9-27-17/h1-6,9-11,22H,7-8H2. The van der Waals surface area contributed by atoms with Gasteiger partial charge in [0.15, 0.2) is 5.76 Å². The molecule has 144 valence electrons. The van der Waals surface area contributed by atoms with Gasteiger partial charge in [0.25, 0.3) is 15.9 Å². The third kappa shape index (κ3) is 3.48. The van der Waals surface area contributed by atoms with E-state index in [9.17, 15) is 13.2 Å². The van der Waals surface area contributed by atoms with Gasteiger partial charge in [-0.1, -0.05) is 23.2 Å². The number of furan rings is 1. The number of benzene rings is 2. The van der Waals surface area contributed by atoms with E-state index in [0.29, 0.717) is 18.7 Å². The zero-order valence-electron chi connectivity index (χ0n) is 14.4. The molecule has 1 N–H and O–H groups in total. The van der Waals surface area contributed by atoms with E-state index in [2.05, 4.69) is 4.72 Å². The maximum Gasteiger partial charge on any atom is 0.293 e. The van der Waals surface area contributed by atoms with Crippen molar-refractivity contribution >= 4 is 50.5 Å². The zero-order chi connectivity index (χ0) is 19.9. The summed E-state index contributed by atoms with van der Waals surface area (Å²) in [5.74, 6) is 0.0241. The first-order chi connectivity index (χ1) is 13.3. The topological polar surface area (TPSA) is 79.6 Å². The lowest BCUT2D eigenvalue weighted by atomic mass is 10.1. The number of hydrogen-bond acceptors (Lipinski definition) is 4. The second-order valence-corrected chi connectivity index (χ2v) is 8.70. The number of amides is 1. The molecule has 0 bridgehead atoms. The van der Waals surface area contributed by atoms with Crippen LogP contribution in [0.5, 0.6) is 0 Å². The highest BCUT2D eigenvalue weighted by Gasteiger charge is 2.28. The Hall–Kier alpha value is -2.48. The Morgan fingerprint density at radius 3 is 2.68 bits per heavy atom. The van der Waals surface area contributed by atoms with Gasteiger partial charge in [0.05, 0.1) is 11.3 Å². The average molecular weight is 437 g/mol. The molecule has 3 aromatic rings. The van der Waals surface area contributed by atoms with Crippen LogP contribution in [0, 0.1) is 0 Å². The minimum absolute atomic E-state index is 0.0771. The fourth-order valence-electron chi connectivity index (χ4n) is 3.10. The Labute approximate surface area is 171 Å². The molecule has 28 heavy (non-hydrogen) atoms. The highest BCUT2D eigenvalue weighted by atomic mass is 35.5. The maximum absolute atomic E-state index is 12.7. The Morgan fingerprint density at radius 1 is 1.11 bits per heavy atom. The molecule has 6 nitrogen and oxygen atoms in total. The Morgan fingerprint density at radius 2 is 1.93 bits per heavy atom. The number of hydrogen-bond donors (Lipinski definition) is 1. The van der Waals surface area contributed by atoms with Crippen molar-refractivity contribution in [1.82, 2.24) is 0 Å². The summed E-state index contributed by atoms with van der Waals surface area (Å²) in [7, 11) is -3.91. The molecule has 9 heteroatoms. The molecule has 0 radical (unpaired) electrons. The van der Waals surface area contributed by atoms with Crippen LogP contribution in [0.1, 0.15) is 16.1 Å². The third-order valence-electron chi connectivity index (χ3n) is 4.39. The summed E-state index contributed by atoms with van der Waals surface area (Å²) in [5.41, 5.74) is 1.96. The largest absolute Gasteiger partial charge is 0.459 e. The molecule has 1 aliphatic rings. The van der Waals surface area contributed by atoms with Gasteiger partial charge in [-0.25, -0.2) is 8.42 Å². The van der Waals surface area contributed by atoms with Gasteiger partial charge in [0.2, 0.25) is 0 Å². The van der Waals surface area contributed by atoms with Crippen molar-refractivity contribution in [2.24, 2.45) is 0 Å². The summed E-state index contributed by atoms with van der Waals surface area (Å²) >= 11 is 11.9. The van der Waals surface area contributed by atoms with Crippen molar-refractivity contribution in [2.75, 3.05) is 16.2 Å². The molecule has 1 amide bonds. The van der Waals surface area contributed by atoms with Crippen molar-refractivity contribution in [3.05, 3.63) is 76.2 Å². The number of carbonyl (C=O) groups is 1. The molecule has 0 aliphatic carbocycles. The SMILES string of the molecule is O=C(c1ccco1)N1CCc2cc(NS(=O)(=O)c3cc(Cl)ccc3Cl)ccc21. The monoisotopic (exact) mass is 436 g/mol. The van der Waals surface area contributed by atoms with Crippen LogP contribution in [0.3, 0.4) is 0 Å². The van der Waals surface area contributed by atoms with Gasteiger partial charge in [-0.3, -0.25) is 9.52 Å². The van der Waals surface area contributed by atoms with E-state index in [-0.39, 0.29) is 26.6 Å². The van der Waals surface area contributed by atoms with Gasteiger partial charge >= 0.3 is 0 Å². The predicted molar refractivity (Wildman–Crippen MR) is 108 cm³/mol. The van der Waals surface area contributed by atoms with E-state index in [4.69, 9.17) is 27.6 Å². The highest BCUT2D eigenvalue weighted by Crippen LogP contribution is 2.33. The van der Waals surface area contributed by atoms with Crippen molar-refractivity contribution < 1.29 is 17.6 Å². The number of halogens is 2. The van der Waals surface area contributed by atoms with Crippen LogP contribution in [0.25, 0.3) is 0 Å². The average Bonchev–Trinajstić information content (AvgIpc) is 3.32. The Balaban J connectivity index is 1.60. The summed E-state index contributed by atoms with van der Waals surface area (Å²) < 4.78 is 33.0. The molecule has 0 fully saturated rings. The summed E-state index contributed by atoms with van der Waals surface area (Å²) in [5, 5.41) is 0.346. The van der Waals surface area contributed by atoms with Gasteiger partial charge in [0.1, 0.15) is 4.90 Å². The number of carbonyl (C=O) groups excluding carboxylic acids is 1. The Kier molecular flexibility index (Phi) is 4.82. The normalized spacial score (nSPS) is 13.4. The van der Waals surface area contributed by atoms with E-state index in [0.717, 1.165) is 11.3 Å². The minimum Gasteiger partial charge on any atom is -0.459 e. The molecule has 1 aromatic heterocycles. The number of nitrogens with zero attached hydrogens (tertiary/aromatic N) is 1. The fraction of sp³-hybridized carbons (Fsp3) is 0.105. The minimum atomic E-state index is -3.91. The molecule has 2 aromatic carbocycles. The predicted octanol–water partition coefficient (Wildman–Crippen LogP) is 4.59. The Bertz CT molecular complexity index is 1160. The van der Waals surface area contributed by atoms with E-state index in [1.165, 1.54) is 24.5 Å². The smallest absolute Gasteiger partial charge is 0.293 e. The van der Waals surface area contributed by atoms with E-state index >= 15 is 0 Å². The van der Waals surface area contributed by atoms with Crippen LogP contribution in [0.4, 0.5) is 11.4 Å². The van der Waals surface area contributed by atoms with Crippen LogP contribution in [0.15, 0.2) is 64.1 Å². The molecule has 4 rings (SSSR count). The van der Waals surface area contributed by atoms with E-state index in [1.54, 1.807) is 35.2 Å². The number of anilines is 2. The fourth-order valence-corrected chi connectivity index (χ4v) is 4.92. The van der Waals surface area contributed by atoms with Gasteiger partial charge in [-0.05, 0) is 60.5 Å². The molecule has 0 saturated carbocycles. The maximum atomic E-state index is 12.7. The van der Waals surface area contributed by atoms with Crippen LogP contribution in [0.2, 0.25) is 10.0 Å². The summed E-state index contributed by atoms with van der Waals surface area (Å²) in [6.07, 6.45) is 2.05. The molecule has 2 heterocycles. The van der Waals surface area contributed by atoms with Crippen molar-refractivity contribution in [3.8, 4) is 0 Å². The van der Waals surface area contributed by atoms with Crippen LogP contribution in [-0.4, -0.2) is 20.9 Å². The first-order valence-corrected chi connectivity index (χ1v) is 10.6. The molecular weight excluding hydrogens is 423 g/mol. The molecule has 1 aliphatic heterocycles. The number of rotatable bonds is 4. The summed E-state index contributed by atoms with van der Waals surface area (Å²) in [6, 6.07) is 12.5. The molecule has 0 spiro atoms. The highest BCUT2D eigenvalue weighted by molar-refractivity contribution is 7.92. The lowest BCUT2D eigenvalue weighted by molar-refractivity contribution is 0.0963. The zero-order valence-corrected chi connectivity index (χ0v) is 16.7. The van der Waals surface area contributed by atoms with Gasteiger partial charge in [0, 0.05) is 22.9 Å². The van der Waals surface area contributed by atoms with Crippen LogP contribution < -0.4 is 9.62 Å². The lowest BCUT2D eigenvalue weighted by Crippen LogP contribution is -2.28. The lowest BCUT2D eigenvalue weighted by Gasteiger charge is -2.16. The molecular formula is C19H14Cl2N2O4S. The van der Waals surface area contributed by atoms with Crippen molar-refractivity contribution in [2.45, 2.75) is 11.3 Å². The van der Waals surface area contributed by atoms with E-state index in [1.807, 2.05) is 0 Å².